The Bertz CT molecular complexity index is 273. The van der Waals surface area contributed by atoms with Crippen LogP contribution in [0.5, 0.6) is 0 Å². The summed E-state index contributed by atoms with van der Waals surface area (Å²) < 4.78 is 4.80. The maximum absolute atomic E-state index is 11.6. The fraction of sp³-hybridized carbons (Fsp3) is 0.846. The van der Waals surface area contributed by atoms with Gasteiger partial charge in [0.15, 0.2) is 0 Å². The molecule has 1 rings (SSSR count). The maximum atomic E-state index is 11.6. The highest BCUT2D eigenvalue weighted by atomic mass is 16.5. The molecule has 0 unspecified atom stereocenters. The first kappa shape index (κ1) is 15.0. The van der Waals surface area contributed by atoms with E-state index in [4.69, 9.17) is 4.74 Å². The van der Waals surface area contributed by atoms with Crippen LogP contribution in [0.3, 0.4) is 0 Å². The van der Waals surface area contributed by atoms with E-state index in [0.717, 1.165) is 31.6 Å². The summed E-state index contributed by atoms with van der Waals surface area (Å²) in [5.41, 5.74) is 0. The third kappa shape index (κ3) is 5.04. The SMILES string of the molecule is CCC1CCC(NC(=O)C(=O)NCCOC)CC1. The molecule has 5 nitrogen and oxygen atoms in total. The van der Waals surface area contributed by atoms with Crippen LogP contribution in [0, 0.1) is 5.92 Å². The zero-order valence-electron chi connectivity index (χ0n) is 11.3. The lowest BCUT2D eigenvalue weighted by Gasteiger charge is -2.28. The van der Waals surface area contributed by atoms with Gasteiger partial charge in [0.25, 0.3) is 0 Å². The van der Waals surface area contributed by atoms with Crippen LogP contribution in [0.4, 0.5) is 0 Å². The van der Waals surface area contributed by atoms with E-state index in [9.17, 15) is 9.59 Å². The van der Waals surface area contributed by atoms with Crippen molar-refractivity contribution in [3.05, 3.63) is 0 Å². The monoisotopic (exact) mass is 256 g/mol. The van der Waals surface area contributed by atoms with Crippen LogP contribution < -0.4 is 10.6 Å². The largest absolute Gasteiger partial charge is 0.383 e. The number of nitrogens with one attached hydrogen (secondary N) is 2. The standard InChI is InChI=1S/C13H24N2O3/c1-3-10-4-6-11(7-5-10)15-13(17)12(16)14-8-9-18-2/h10-11H,3-9H2,1-2H3,(H,14,16)(H,15,17). The molecule has 0 heterocycles. The lowest BCUT2D eigenvalue weighted by molar-refractivity contribution is -0.139. The van der Waals surface area contributed by atoms with Gasteiger partial charge in [0.1, 0.15) is 0 Å². The van der Waals surface area contributed by atoms with Crippen LogP contribution in [0.25, 0.3) is 0 Å². The summed E-state index contributed by atoms with van der Waals surface area (Å²) in [7, 11) is 1.55. The molecule has 5 heteroatoms. The maximum Gasteiger partial charge on any atom is 0.309 e. The van der Waals surface area contributed by atoms with Crippen LogP contribution in [-0.4, -0.2) is 38.1 Å². The summed E-state index contributed by atoms with van der Waals surface area (Å²) >= 11 is 0. The number of amides is 2. The Morgan fingerprint density at radius 1 is 1.17 bits per heavy atom. The minimum absolute atomic E-state index is 0.161. The number of ether oxygens (including phenoxy) is 1. The lowest BCUT2D eigenvalue weighted by atomic mass is 9.84. The molecule has 1 fully saturated rings. The van der Waals surface area contributed by atoms with E-state index in [1.807, 2.05) is 0 Å². The van der Waals surface area contributed by atoms with Crippen molar-refractivity contribution in [3.63, 3.8) is 0 Å². The van der Waals surface area contributed by atoms with Crippen LogP contribution >= 0.6 is 0 Å². The summed E-state index contributed by atoms with van der Waals surface area (Å²) in [6.45, 7) is 2.98. The molecule has 1 aliphatic rings. The Morgan fingerprint density at radius 2 is 1.83 bits per heavy atom. The summed E-state index contributed by atoms with van der Waals surface area (Å²) in [5, 5.41) is 5.32. The second kappa shape index (κ2) is 8.08. The average molecular weight is 256 g/mol. The van der Waals surface area contributed by atoms with Crippen molar-refractivity contribution >= 4 is 11.8 Å². The first-order valence-electron chi connectivity index (χ1n) is 6.75. The van der Waals surface area contributed by atoms with Gasteiger partial charge in [-0.25, -0.2) is 0 Å². The fourth-order valence-corrected chi connectivity index (χ4v) is 2.31. The number of hydrogen-bond donors (Lipinski definition) is 2. The Hall–Kier alpha value is -1.10. The fourth-order valence-electron chi connectivity index (χ4n) is 2.31. The summed E-state index contributed by atoms with van der Waals surface area (Å²) in [4.78, 5) is 23.0. The van der Waals surface area contributed by atoms with Crippen molar-refractivity contribution in [2.24, 2.45) is 5.92 Å². The zero-order chi connectivity index (χ0) is 13.4. The molecule has 0 spiro atoms. The molecular formula is C13H24N2O3. The highest BCUT2D eigenvalue weighted by Gasteiger charge is 2.23. The van der Waals surface area contributed by atoms with Gasteiger partial charge in [-0.05, 0) is 31.6 Å². The molecule has 0 saturated heterocycles. The van der Waals surface area contributed by atoms with E-state index in [-0.39, 0.29) is 6.04 Å². The topological polar surface area (TPSA) is 67.4 Å². The number of methoxy groups -OCH3 is 1. The van der Waals surface area contributed by atoms with Crippen LogP contribution in [0.15, 0.2) is 0 Å². The third-order valence-electron chi connectivity index (χ3n) is 3.56. The quantitative estimate of drug-likeness (QED) is 0.565. The van der Waals surface area contributed by atoms with Gasteiger partial charge in [-0.3, -0.25) is 9.59 Å². The molecule has 0 aromatic carbocycles. The van der Waals surface area contributed by atoms with E-state index in [2.05, 4.69) is 17.6 Å². The first-order valence-corrected chi connectivity index (χ1v) is 6.75. The molecule has 0 aromatic rings. The van der Waals surface area contributed by atoms with Gasteiger partial charge in [-0.15, -0.1) is 0 Å². The van der Waals surface area contributed by atoms with Crippen molar-refractivity contribution in [2.75, 3.05) is 20.3 Å². The molecule has 104 valence electrons. The van der Waals surface area contributed by atoms with Crippen LogP contribution in [-0.2, 0) is 14.3 Å². The molecule has 0 radical (unpaired) electrons. The van der Waals surface area contributed by atoms with Crippen molar-refractivity contribution in [1.29, 1.82) is 0 Å². The molecular weight excluding hydrogens is 232 g/mol. The van der Waals surface area contributed by atoms with Gasteiger partial charge >= 0.3 is 11.8 Å². The van der Waals surface area contributed by atoms with E-state index in [0.29, 0.717) is 13.2 Å². The molecule has 0 atom stereocenters. The smallest absolute Gasteiger partial charge is 0.309 e. The predicted octanol–water partition coefficient (Wildman–Crippen LogP) is 0.834. The molecule has 0 bridgehead atoms. The highest BCUT2D eigenvalue weighted by Crippen LogP contribution is 2.26. The molecule has 2 amide bonds. The molecule has 0 aliphatic heterocycles. The van der Waals surface area contributed by atoms with Crippen LogP contribution in [0.2, 0.25) is 0 Å². The number of carbonyl (C=O) groups excluding carboxylic acids is 2. The van der Waals surface area contributed by atoms with Gasteiger partial charge < -0.3 is 15.4 Å². The van der Waals surface area contributed by atoms with E-state index in [1.54, 1.807) is 7.11 Å². The van der Waals surface area contributed by atoms with Crippen LogP contribution in [0.1, 0.15) is 39.0 Å². The van der Waals surface area contributed by atoms with Crippen molar-refractivity contribution in [1.82, 2.24) is 10.6 Å². The predicted molar refractivity (Wildman–Crippen MR) is 69.1 cm³/mol. The molecule has 2 N–H and O–H groups in total. The van der Waals surface area contributed by atoms with E-state index < -0.39 is 11.8 Å². The minimum Gasteiger partial charge on any atom is -0.383 e. The summed E-state index contributed by atoms with van der Waals surface area (Å²) in [5.74, 6) is -0.301. The summed E-state index contributed by atoms with van der Waals surface area (Å²) in [6.07, 6.45) is 5.46. The summed E-state index contributed by atoms with van der Waals surface area (Å²) in [6, 6.07) is 0.161. The van der Waals surface area contributed by atoms with Crippen molar-refractivity contribution < 1.29 is 14.3 Å². The van der Waals surface area contributed by atoms with Gasteiger partial charge in [-0.1, -0.05) is 13.3 Å². The molecule has 18 heavy (non-hydrogen) atoms. The Morgan fingerprint density at radius 3 is 2.39 bits per heavy atom. The van der Waals surface area contributed by atoms with Gasteiger partial charge in [0.2, 0.25) is 0 Å². The number of rotatable bonds is 5. The molecule has 1 aliphatic carbocycles. The molecule has 1 saturated carbocycles. The van der Waals surface area contributed by atoms with Gasteiger partial charge in [-0.2, -0.15) is 0 Å². The first-order chi connectivity index (χ1) is 8.67. The lowest BCUT2D eigenvalue weighted by Crippen LogP contribution is -2.46. The van der Waals surface area contributed by atoms with Crippen molar-refractivity contribution in [3.8, 4) is 0 Å². The second-order valence-electron chi connectivity index (χ2n) is 4.85. The Kier molecular flexibility index (Phi) is 6.72. The van der Waals surface area contributed by atoms with Gasteiger partial charge in [0, 0.05) is 19.7 Å². The van der Waals surface area contributed by atoms with Crippen molar-refractivity contribution in [2.45, 2.75) is 45.1 Å². The zero-order valence-corrected chi connectivity index (χ0v) is 11.3. The van der Waals surface area contributed by atoms with Gasteiger partial charge in [0.05, 0.1) is 6.61 Å². The second-order valence-corrected chi connectivity index (χ2v) is 4.85. The number of carbonyl (C=O) groups is 2. The highest BCUT2D eigenvalue weighted by molar-refractivity contribution is 6.35. The minimum atomic E-state index is -0.565. The normalized spacial score (nSPS) is 23.4. The Balaban J connectivity index is 2.21. The number of hydrogen-bond acceptors (Lipinski definition) is 3. The third-order valence-corrected chi connectivity index (χ3v) is 3.56. The molecule has 0 aromatic heterocycles. The Labute approximate surface area is 109 Å². The van der Waals surface area contributed by atoms with E-state index in [1.165, 1.54) is 6.42 Å². The average Bonchev–Trinajstić information content (AvgIpc) is 2.39. The van der Waals surface area contributed by atoms with E-state index >= 15 is 0 Å².